The number of hydrogen-bond donors (Lipinski definition) is 1. The summed E-state index contributed by atoms with van der Waals surface area (Å²) in [5, 5.41) is 8.57. The fraction of sp³-hybridized carbons (Fsp3) is 0.923. The molecule has 2 rings (SSSR count). The van der Waals surface area contributed by atoms with Crippen LogP contribution in [0.15, 0.2) is 0 Å². The number of piperidine rings is 1. The van der Waals surface area contributed by atoms with Gasteiger partial charge in [-0.15, -0.1) is 0 Å². The number of sulfonamides is 1. The van der Waals surface area contributed by atoms with Crippen molar-refractivity contribution in [2.45, 2.75) is 56.6 Å². The Hall–Kier alpha value is -0.620. The molecule has 0 spiro atoms. The van der Waals surface area contributed by atoms with E-state index in [-0.39, 0.29) is 17.6 Å². The monoisotopic (exact) mass is 289 g/mol. The summed E-state index contributed by atoms with van der Waals surface area (Å²) >= 11 is 0. The maximum Gasteiger partial charge on any atom is 0.303 e. The Morgan fingerprint density at radius 2 is 1.63 bits per heavy atom. The third-order valence-electron chi connectivity index (χ3n) is 4.37. The molecule has 0 unspecified atom stereocenters. The predicted octanol–water partition coefficient (Wildman–Crippen LogP) is 1.84. The normalized spacial score (nSPS) is 24.4. The Kier molecular flexibility index (Phi) is 4.84. The van der Waals surface area contributed by atoms with Crippen molar-refractivity contribution >= 4 is 16.0 Å². The third-order valence-corrected chi connectivity index (χ3v) is 6.77. The van der Waals surface area contributed by atoms with Gasteiger partial charge in [0.25, 0.3) is 0 Å². The van der Waals surface area contributed by atoms with Crippen molar-refractivity contribution in [3.05, 3.63) is 0 Å². The quantitative estimate of drug-likeness (QED) is 0.857. The highest BCUT2D eigenvalue weighted by molar-refractivity contribution is 7.89. The third kappa shape index (κ3) is 3.69. The minimum atomic E-state index is -3.15. The molecule has 110 valence electrons. The second kappa shape index (κ2) is 6.22. The zero-order chi connectivity index (χ0) is 13.9. The van der Waals surface area contributed by atoms with Crippen molar-refractivity contribution in [2.75, 3.05) is 13.1 Å². The summed E-state index contributed by atoms with van der Waals surface area (Å²) in [6.07, 6.45) is 6.27. The lowest BCUT2D eigenvalue weighted by Crippen LogP contribution is -2.44. The zero-order valence-corrected chi connectivity index (χ0v) is 12.1. The van der Waals surface area contributed by atoms with Gasteiger partial charge in [0.1, 0.15) is 0 Å². The number of hydrogen-bond acceptors (Lipinski definition) is 3. The first kappa shape index (κ1) is 14.8. The Bertz CT molecular complexity index is 406. The Balaban J connectivity index is 1.90. The summed E-state index contributed by atoms with van der Waals surface area (Å²) in [5.74, 6) is -0.649. The summed E-state index contributed by atoms with van der Waals surface area (Å²) in [4.78, 5) is 10.7. The molecule has 6 heteroatoms. The van der Waals surface area contributed by atoms with Crippen LogP contribution in [0.2, 0.25) is 0 Å². The van der Waals surface area contributed by atoms with Crippen molar-refractivity contribution < 1.29 is 18.3 Å². The highest BCUT2D eigenvalue weighted by Crippen LogP contribution is 2.29. The SMILES string of the molecule is O=C(O)CC1CCN(S(=O)(=O)C2CCCCC2)CC1. The van der Waals surface area contributed by atoms with Crippen LogP contribution >= 0.6 is 0 Å². The van der Waals surface area contributed by atoms with Gasteiger partial charge in [-0.25, -0.2) is 12.7 Å². The molecule has 0 aromatic rings. The van der Waals surface area contributed by atoms with Crippen LogP contribution in [0.5, 0.6) is 0 Å². The number of aliphatic carboxylic acids is 1. The van der Waals surface area contributed by atoms with Crippen LogP contribution in [0.3, 0.4) is 0 Å². The van der Waals surface area contributed by atoms with Crippen molar-refractivity contribution in [3.63, 3.8) is 0 Å². The summed E-state index contributed by atoms with van der Waals surface area (Å²) in [7, 11) is -3.15. The highest BCUT2D eigenvalue weighted by Gasteiger charge is 2.35. The molecule has 1 heterocycles. The molecule has 19 heavy (non-hydrogen) atoms. The van der Waals surface area contributed by atoms with Gasteiger partial charge in [0, 0.05) is 19.5 Å². The Labute approximate surface area is 115 Å². The van der Waals surface area contributed by atoms with E-state index in [9.17, 15) is 13.2 Å². The van der Waals surface area contributed by atoms with Crippen molar-refractivity contribution in [1.82, 2.24) is 4.31 Å². The molecule has 0 amide bonds. The molecule has 0 aromatic carbocycles. The maximum atomic E-state index is 12.5. The molecule has 1 aliphatic carbocycles. The fourth-order valence-corrected chi connectivity index (χ4v) is 5.26. The fourth-order valence-electron chi connectivity index (χ4n) is 3.19. The lowest BCUT2D eigenvalue weighted by atomic mass is 9.95. The van der Waals surface area contributed by atoms with Gasteiger partial charge in [-0.2, -0.15) is 0 Å². The molecule has 5 nitrogen and oxygen atoms in total. The molecule has 2 fully saturated rings. The summed E-state index contributed by atoms with van der Waals surface area (Å²) < 4.78 is 26.6. The van der Waals surface area contributed by atoms with E-state index in [1.165, 1.54) is 0 Å². The summed E-state index contributed by atoms with van der Waals surface area (Å²) in [6.45, 7) is 0.994. The second-order valence-electron chi connectivity index (χ2n) is 5.75. The Morgan fingerprint density at radius 3 is 2.16 bits per heavy atom. The maximum absolute atomic E-state index is 12.5. The number of rotatable bonds is 4. The van der Waals surface area contributed by atoms with E-state index in [1.54, 1.807) is 4.31 Å². The Morgan fingerprint density at radius 1 is 1.05 bits per heavy atom. The average Bonchev–Trinajstić information content (AvgIpc) is 2.40. The van der Waals surface area contributed by atoms with Gasteiger partial charge < -0.3 is 5.11 Å². The molecule has 2 aliphatic rings. The van der Waals surface area contributed by atoms with E-state index in [1.807, 2.05) is 0 Å². The molecule has 1 saturated heterocycles. The van der Waals surface area contributed by atoms with E-state index in [4.69, 9.17) is 5.11 Å². The number of carboxylic acids is 1. The van der Waals surface area contributed by atoms with E-state index >= 15 is 0 Å². The van der Waals surface area contributed by atoms with Gasteiger partial charge in [0.05, 0.1) is 5.25 Å². The predicted molar refractivity (Wildman–Crippen MR) is 72.3 cm³/mol. The standard InChI is InChI=1S/C13H23NO4S/c15-13(16)10-11-6-8-14(9-7-11)19(17,18)12-4-2-1-3-5-12/h11-12H,1-10H2,(H,15,16). The van der Waals surface area contributed by atoms with Crippen LogP contribution < -0.4 is 0 Å². The summed E-state index contributed by atoms with van der Waals surface area (Å²) in [6, 6.07) is 0. The number of carboxylic acid groups (broad SMARTS) is 1. The lowest BCUT2D eigenvalue weighted by Gasteiger charge is -2.34. The minimum absolute atomic E-state index is 0.135. The summed E-state index contributed by atoms with van der Waals surface area (Å²) in [5.41, 5.74) is 0. The van der Waals surface area contributed by atoms with E-state index in [0.717, 1.165) is 32.1 Å². The average molecular weight is 289 g/mol. The molecule has 1 aliphatic heterocycles. The smallest absolute Gasteiger partial charge is 0.303 e. The number of carbonyl (C=O) groups is 1. The van der Waals surface area contributed by atoms with Crippen LogP contribution in [0.4, 0.5) is 0 Å². The van der Waals surface area contributed by atoms with Crippen LogP contribution in [-0.4, -0.2) is 42.1 Å². The van der Waals surface area contributed by atoms with E-state index < -0.39 is 16.0 Å². The van der Waals surface area contributed by atoms with Crippen molar-refractivity contribution in [3.8, 4) is 0 Å². The first-order valence-electron chi connectivity index (χ1n) is 7.21. The minimum Gasteiger partial charge on any atom is -0.481 e. The second-order valence-corrected chi connectivity index (χ2v) is 7.96. The first-order valence-corrected chi connectivity index (χ1v) is 8.71. The van der Waals surface area contributed by atoms with Gasteiger partial charge in [0.2, 0.25) is 10.0 Å². The largest absolute Gasteiger partial charge is 0.481 e. The molecule has 0 radical (unpaired) electrons. The molecule has 1 saturated carbocycles. The molecule has 0 aromatic heterocycles. The molecule has 0 atom stereocenters. The van der Waals surface area contributed by atoms with Gasteiger partial charge >= 0.3 is 5.97 Å². The van der Waals surface area contributed by atoms with Gasteiger partial charge in [-0.3, -0.25) is 4.79 Å². The molecular weight excluding hydrogens is 266 g/mol. The van der Waals surface area contributed by atoms with Crippen LogP contribution in [0.1, 0.15) is 51.4 Å². The van der Waals surface area contributed by atoms with E-state index in [2.05, 4.69) is 0 Å². The van der Waals surface area contributed by atoms with Crippen LogP contribution in [0, 0.1) is 5.92 Å². The molecular formula is C13H23NO4S. The van der Waals surface area contributed by atoms with Gasteiger partial charge in [-0.1, -0.05) is 19.3 Å². The first-order chi connectivity index (χ1) is 9.00. The van der Waals surface area contributed by atoms with Gasteiger partial charge in [0.15, 0.2) is 0 Å². The van der Waals surface area contributed by atoms with Crippen molar-refractivity contribution in [2.24, 2.45) is 5.92 Å². The highest BCUT2D eigenvalue weighted by atomic mass is 32.2. The van der Waals surface area contributed by atoms with Crippen molar-refractivity contribution in [1.29, 1.82) is 0 Å². The molecule has 0 bridgehead atoms. The molecule has 1 N–H and O–H groups in total. The number of nitrogens with zero attached hydrogens (tertiary/aromatic N) is 1. The van der Waals surface area contributed by atoms with Crippen LogP contribution in [0.25, 0.3) is 0 Å². The lowest BCUT2D eigenvalue weighted by molar-refractivity contribution is -0.138. The van der Waals surface area contributed by atoms with Gasteiger partial charge in [-0.05, 0) is 31.6 Å². The van der Waals surface area contributed by atoms with E-state index in [0.29, 0.717) is 25.9 Å². The topological polar surface area (TPSA) is 74.7 Å². The zero-order valence-electron chi connectivity index (χ0n) is 11.3. The van der Waals surface area contributed by atoms with Crippen LogP contribution in [-0.2, 0) is 14.8 Å².